The average Bonchev–Trinajstić information content (AvgIpc) is 3.40. The fourth-order valence-electron chi connectivity index (χ4n) is 3.92. The van der Waals surface area contributed by atoms with Gasteiger partial charge in [0.1, 0.15) is 41.9 Å². The number of benzene rings is 1. The van der Waals surface area contributed by atoms with Gasteiger partial charge in [-0.15, -0.1) is 0 Å². The number of aliphatic hydroxyl groups excluding tert-OH is 3. The lowest BCUT2D eigenvalue weighted by Gasteiger charge is -2.18. The van der Waals surface area contributed by atoms with Crippen LogP contribution in [0.3, 0.4) is 0 Å². The summed E-state index contributed by atoms with van der Waals surface area (Å²) in [5.74, 6) is 0.925. The SMILES string of the molecule is Nc1ncnc2c1c1c(-c3ccco3)cccc1n2[C@@H]1O[C@H](CO)[C@@H](O)[C@H]1O. The fraction of sp³-hybridized carbons (Fsp3) is 0.263. The third-order valence-electron chi connectivity index (χ3n) is 5.20. The van der Waals surface area contributed by atoms with E-state index in [1.807, 2.05) is 24.3 Å². The van der Waals surface area contributed by atoms with Crippen LogP contribution in [0.5, 0.6) is 0 Å². The summed E-state index contributed by atoms with van der Waals surface area (Å²) in [6.45, 7) is -0.416. The second-order valence-electron chi connectivity index (χ2n) is 6.73. The molecular formula is C19H18N4O5. The molecule has 144 valence electrons. The van der Waals surface area contributed by atoms with E-state index in [2.05, 4.69) is 9.97 Å². The smallest absolute Gasteiger partial charge is 0.165 e. The molecule has 5 N–H and O–H groups in total. The lowest BCUT2D eigenvalue weighted by Crippen LogP contribution is -2.33. The van der Waals surface area contributed by atoms with Crippen LogP contribution in [-0.2, 0) is 4.74 Å². The zero-order valence-corrected chi connectivity index (χ0v) is 14.6. The predicted octanol–water partition coefficient (Wildman–Crippen LogP) is 1.04. The number of aromatic nitrogens is 3. The average molecular weight is 382 g/mol. The van der Waals surface area contributed by atoms with Crippen molar-refractivity contribution in [1.82, 2.24) is 14.5 Å². The Morgan fingerprint density at radius 3 is 2.64 bits per heavy atom. The first-order valence-electron chi connectivity index (χ1n) is 8.81. The van der Waals surface area contributed by atoms with Crippen LogP contribution < -0.4 is 5.73 Å². The molecule has 4 heterocycles. The molecule has 28 heavy (non-hydrogen) atoms. The summed E-state index contributed by atoms with van der Waals surface area (Å²) in [4.78, 5) is 8.48. The zero-order valence-electron chi connectivity index (χ0n) is 14.6. The van der Waals surface area contributed by atoms with Gasteiger partial charge in [0.25, 0.3) is 0 Å². The van der Waals surface area contributed by atoms with Crippen molar-refractivity contribution in [3.05, 3.63) is 42.9 Å². The fourth-order valence-corrected chi connectivity index (χ4v) is 3.92. The minimum absolute atomic E-state index is 0.277. The Morgan fingerprint density at radius 1 is 1.07 bits per heavy atom. The van der Waals surface area contributed by atoms with Gasteiger partial charge in [-0.2, -0.15) is 0 Å². The number of ether oxygens (including phenoxy) is 1. The largest absolute Gasteiger partial charge is 0.464 e. The maximum Gasteiger partial charge on any atom is 0.165 e. The van der Waals surface area contributed by atoms with Crippen LogP contribution in [0, 0.1) is 0 Å². The van der Waals surface area contributed by atoms with Crippen molar-refractivity contribution in [2.24, 2.45) is 0 Å². The van der Waals surface area contributed by atoms with Crippen molar-refractivity contribution < 1.29 is 24.5 Å². The number of anilines is 1. The molecule has 1 saturated heterocycles. The Balaban J connectivity index is 1.85. The molecule has 9 heteroatoms. The molecule has 1 aliphatic heterocycles. The summed E-state index contributed by atoms with van der Waals surface area (Å²) in [5, 5.41) is 31.6. The van der Waals surface area contributed by atoms with Crippen LogP contribution in [-0.4, -0.2) is 54.8 Å². The van der Waals surface area contributed by atoms with Crippen LogP contribution in [0.15, 0.2) is 47.3 Å². The topological polar surface area (TPSA) is 140 Å². The van der Waals surface area contributed by atoms with Gasteiger partial charge in [-0.1, -0.05) is 12.1 Å². The number of hydrogen-bond donors (Lipinski definition) is 4. The van der Waals surface area contributed by atoms with Gasteiger partial charge in [0, 0.05) is 10.9 Å². The summed E-state index contributed by atoms with van der Waals surface area (Å²) < 4.78 is 13.0. The molecule has 0 unspecified atom stereocenters. The van der Waals surface area contributed by atoms with Crippen LogP contribution in [0.25, 0.3) is 33.3 Å². The number of rotatable bonds is 3. The normalized spacial score (nSPS) is 25.1. The molecule has 0 aliphatic carbocycles. The van der Waals surface area contributed by atoms with Gasteiger partial charge in [0.2, 0.25) is 0 Å². The van der Waals surface area contributed by atoms with Gasteiger partial charge in [0.05, 0.1) is 23.8 Å². The number of nitrogens with zero attached hydrogens (tertiary/aromatic N) is 3. The lowest BCUT2D eigenvalue weighted by molar-refractivity contribution is -0.0489. The molecule has 9 nitrogen and oxygen atoms in total. The number of furan rings is 1. The van der Waals surface area contributed by atoms with Gasteiger partial charge >= 0.3 is 0 Å². The summed E-state index contributed by atoms with van der Waals surface area (Å²) in [7, 11) is 0. The molecule has 3 aromatic heterocycles. The number of nitrogen functional groups attached to an aromatic ring is 1. The Labute approximate surface area is 158 Å². The van der Waals surface area contributed by atoms with E-state index in [0.29, 0.717) is 22.3 Å². The second kappa shape index (κ2) is 6.28. The molecule has 0 radical (unpaired) electrons. The molecule has 0 saturated carbocycles. The Bertz CT molecular complexity index is 1160. The minimum Gasteiger partial charge on any atom is -0.464 e. The van der Waals surface area contributed by atoms with Crippen LogP contribution in [0.4, 0.5) is 5.82 Å². The van der Waals surface area contributed by atoms with Crippen LogP contribution >= 0.6 is 0 Å². The van der Waals surface area contributed by atoms with Crippen molar-refractivity contribution in [3.8, 4) is 11.3 Å². The molecule has 1 aromatic carbocycles. The molecule has 4 atom stereocenters. The minimum atomic E-state index is -1.25. The number of aliphatic hydroxyl groups is 3. The van der Waals surface area contributed by atoms with Crippen LogP contribution in [0.2, 0.25) is 0 Å². The Kier molecular flexibility index (Phi) is 3.84. The van der Waals surface area contributed by atoms with Crippen molar-refractivity contribution in [2.75, 3.05) is 12.3 Å². The third-order valence-corrected chi connectivity index (χ3v) is 5.20. The molecular weight excluding hydrogens is 364 g/mol. The highest BCUT2D eigenvalue weighted by Gasteiger charge is 2.44. The highest BCUT2D eigenvalue weighted by atomic mass is 16.6. The van der Waals surface area contributed by atoms with Crippen molar-refractivity contribution in [1.29, 1.82) is 0 Å². The zero-order chi connectivity index (χ0) is 19.4. The predicted molar refractivity (Wildman–Crippen MR) is 100 cm³/mol. The van der Waals surface area contributed by atoms with Gasteiger partial charge in [-0.3, -0.25) is 4.57 Å². The number of fused-ring (bicyclic) bond motifs is 3. The van der Waals surface area contributed by atoms with Gasteiger partial charge < -0.3 is 30.2 Å². The van der Waals surface area contributed by atoms with Gasteiger partial charge in [0.15, 0.2) is 6.23 Å². The molecule has 5 rings (SSSR count). The number of nitrogens with two attached hydrogens (primary N) is 1. The molecule has 0 amide bonds. The van der Waals surface area contributed by atoms with Crippen LogP contribution in [0.1, 0.15) is 6.23 Å². The molecule has 0 spiro atoms. The number of hydrogen-bond acceptors (Lipinski definition) is 8. The maximum atomic E-state index is 10.6. The standard InChI is InChI=1S/C19H18N4O5/c20-17-14-13-9(11-5-2-6-27-11)3-1-4-10(13)23(18(14)22-8-21-17)19-16(26)15(25)12(7-24)28-19/h1-6,8,12,15-16,19,24-26H,7H2,(H2,20,21,22)/t12-,15-,16-,19-/m1/s1. The van der Waals surface area contributed by atoms with Gasteiger partial charge in [-0.05, 0) is 18.2 Å². The maximum absolute atomic E-state index is 10.6. The van der Waals surface area contributed by atoms with E-state index in [4.69, 9.17) is 14.9 Å². The van der Waals surface area contributed by atoms with E-state index in [0.717, 1.165) is 10.9 Å². The van der Waals surface area contributed by atoms with Crippen molar-refractivity contribution >= 4 is 27.8 Å². The van der Waals surface area contributed by atoms with E-state index in [1.54, 1.807) is 16.9 Å². The van der Waals surface area contributed by atoms with E-state index in [9.17, 15) is 15.3 Å². The molecule has 4 aromatic rings. The van der Waals surface area contributed by atoms with E-state index >= 15 is 0 Å². The first-order valence-corrected chi connectivity index (χ1v) is 8.81. The highest BCUT2D eigenvalue weighted by molar-refractivity contribution is 6.17. The molecule has 1 fully saturated rings. The Hall–Kier alpha value is -2.98. The van der Waals surface area contributed by atoms with Crippen molar-refractivity contribution in [3.63, 3.8) is 0 Å². The van der Waals surface area contributed by atoms with E-state index in [1.165, 1.54) is 6.33 Å². The lowest BCUT2D eigenvalue weighted by atomic mass is 10.1. The van der Waals surface area contributed by atoms with Gasteiger partial charge in [-0.25, -0.2) is 9.97 Å². The molecule has 0 bridgehead atoms. The summed E-state index contributed by atoms with van der Waals surface area (Å²) in [6, 6.07) is 9.22. The first kappa shape index (κ1) is 17.1. The van der Waals surface area contributed by atoms with E-state index in [-0.39, 0.29) is 5.82 Å². The summed E-state index contributed by atoms with van der Waals surface area (Å²) >= 11 is 0. The highest BCUT2D eigenvalue weighted by Crippen LogP contribution is 2.42. The second-order valence-corrected chi connectivity index (χ2v) is 6.73. The first-order chi connectivity index (χ1) is 13.6. The van der Waals surface area contributed by atoms with Crippen molar-refractivity contribution in [2.45, 2.75) is 24.5 Å². The quantitative estimate of drug-likeness (QED) is 0.412. The molecule has 1 aliphatic rings. The van der Waals surface area contributed by atoms with E-state index < -0.39 is 31.1 Å². The third kappa shape index (κ3) is 2.28. The Morgan fingerprint density at radius 2 is 1.93 bits per heavy atom. The monoisotopic (exact) mass is 382 g/mol. The summed E-state index contributed by atoms with van der Waals surface area (Å²) in [6.07, 6.45) is -1.41. The summed E-state index contributed by atoms with van der Waals surface area (Å²) in [5.41, 5.74) is 8.12.